The standard InChI is InChI=1S/C11H20N3O6P/c1-7(9(17)18)13-10(19)11(2,12)14-8(16)4-3-5-21(20)6-15/h7,15H,3-6,12H2,1-2H3,(H2-,13,14,16,17,18,19)/p+1/t7-,11-/m0/s1. The second-order valence-corrected chi connectivity index (χ2v) is 6.43. The van der Waals surface area contributed by atoms with Crippen molar-refractivity contribution in [2.75, 3.05) is 12.5 Å². The third-order valence-corrected chi connectivity index (χ3v) is 3.69. The number of carbonyl (C=O) groups is 3. The van der Waals surface area contributed by atoms with E-state index in [9.17, 15) is 18.9 Å². The van der Waals surface area contributed by atoms with Gasteiger partial charge < -0.3 is 26.6 Å². The molecule has 6 N–H and O–H groups in total. The average molecular weight is 322 g/mol. The summed E-state index contributed by atoms with van der Waals surface area (Å²) >= 11 is 0. The first-order chi connectivity index (χ1) is 9.60. The van der Waals surface area contributed by atoms with Gasteiger partial charge in [-0.05, 0) is 20.3 Å². The Balaban J connectivity index is 4.32. The Morgan fingerprint density at radius 2 is 1.95 bits per heavy atom. The molecular weight excluding hydrogens is 301 g/mol. The van der Waals surface area contributed by atoms with E-state index in [4.69, 9.17) is 15.9 Å². The summed E-state index contributed by atoms with van der Waals surface area (Å²) in [7, 11) is -1.72. The van der Waals surface area contributed by atoms with Gasteiger partial charge in [0.2, 0.25) is 12.3 Å². The molecule has 9 nitrogen and oxygen atoms in total. The number of aliphatic carboxylic acids is 1. The molecule has 2 amide bonds. The number of aliphatic hydroxyl groups excluding tert-OH is 1. The van der Waals surface area contributed by atoms with Crippen molar-refractivity contribution in [3.8, 4) is 0 Å². The summed E-state index contributed by atoms with van der Waals surface area (Å²) in [6, 6.07) is -1.13. The normalized spacial score (nSPS) is 15.5. The van der Waals surface area contributed by atoms with Crippen LogP contribution in [0.4, 0.5) is 0 Å². The zero-order chi connectivity index (χ0) is 16.6. The number of hydrogen-bond donors (Lipinski definition) is 5. The van der Waals surface area contributed by atoms with Crippen molar-refractivity contribution < 1.29 is 29.2 Å². The van der Waals surface area contributed by atoms with Gasteiger partial charge in [-0.1, -0.05) is 4.57 Å². The van der Waals surface area contributed by atoms with Crippen molar-refractivity contribution in [1.82, 2.24) is 10.6 Å². The molecule has 21 heavy (non-hydrogen) atoms. The number of aliphatic hydroxyl groups is 1. The van der Waals surface area contributed by atoms with Crippen molar-refractivity contribution in [1.29, 1.82) is 0 Å². The molecule has 120 valence electrons. The lowest BCUT2D eigenvalue weighted by Crippen LogP contribution is -2.64. The number of carbonyl (C=O) groups excluding carboxylic acids is 2. The zero-order valence-corrected chi connectivity index (χ0v) is 12.9. The molecule has 0 fully saturated rings. The van der Waals surface area contributed by atoms with Gasteiger partial charge in [-0.15, -0.1) is 0 Å². The lowest BCUT2D eigenvalue weighted by Gasteiger charge is -2.25. The van der Waals surface area contributed by atoms with Crippen molar-refractivity contribution in [3.63, 3.8) is 0 Å². The zero-order valence-electron chi connectivity index (χ0n) is 12.0. The Labute approximate surface area is 123 Å². The van der Waals surface area contributed by atoms with Crippen LogP contribution in [-0.2, 0) is 18.9 Å². The smallest absolute Gasteiger partial charge is 0.366 e. The summed E-state index contributed by atoms with van der Waals surface area (Å²) in [6.07, 6.45) is 0.0459. The number of rotatable bonds is 9. The number of nitrogens with one attached hydrogen (secondary N) is 2. The van der Waals surface area contributed by atoms with E-state index >= 15 is 0 Å². The van der Waals surface area contributed by atoms with Gasteiger partial charge in [0.15, 0.2) is 5.66 Å². The van der Waals surface area contributed by atoms with E-state index in [2.05, 4.69) is 10.6 Å². The Morgan fingerprint density at radius 3 is 2.43 bits per heavy atom. The average Bonchev–Trinajstić information content (AvgIpc) is 2.37. The first kappa shape index (κ1) is 19.4. The summed E-state index contributed by atoms with van der Waals surface area (Å²) in [5.74, 6) is -2.58. The van der Waals surface area contributed by atoms with Crippen molar-refractivity contribution in [2.24, 2.45) is 5.73 Å². The van der Waals surface area contributed by atoms with E-state index in [1.807, 2.05) is 0 Å². The lowest BCUT2D eigenvalue weighted by atomic mass is 10.1. The molecule has 3 atom stereocenters. The highest BCUT2D eigenvalue weighted by molar-refractivity contribution is 7.44. The molecule has 0 aromatic rings. The van der Waals surface area contributed by atoms with Crippen LogP contribution >= 0.6 is 7.80 Å². The van der Waals surface area contributed by atoms with Crippen LogP contribution < -0.4 is 16.4 Å². The van der Waals surface area contributed by atoms with Crippen molar-refractivity contribution in [3.05, 3.63) is 0 Å². The minimum Gasteiger partial charge on any atom is -0.480 e. The van der Waals surface area contributed by atoms with E-state index in [1.54, 1.807) is 0 Å². The number of amides is 2. The van der Waals surface area contributed by atoms with E-state index in [1.165, 1.54) is 13.8 Å². The Bertz CT molecular complexity index is 426. The van der Waals surface area contributed by atoms with Gasteiger partial charge >= 0.3 is 13.8 Å². The van der Waals surface area contributed by atoms with Gasteiger partial charge in [-0.25, -0.2) is 0 Å². The molecule has 0 aliphatic rings. The second kappa shape index (κ2) is 8.66. The summed E-state index contributed by atoms with van der Waals surface area (Å²) in [4.78, 5) is 34.0. The lowest BCUT2D eigenvalue weighted by molar-refractivity contribution is -0.142. The molecule has 1 unspecified atom stereocenters. The van der Waals surface area contributed by atoms with Gasteiger partial charge in [0, 0.05) is 6.42 Å². The van der Waals surface area contributed by atoms with E-state index in [0.29, 0.717) is 0 Å². The minimum atomic E-state index is -1.75. The molecule has 0 aromatic heterocycles. The van der Waals surface area contributed by atoms with Gasteiger partial charge in [0.05, 0.1) is 0 Å². The second-order valence-electron chi connectivity index (χ2n) is 4.73. The summed E-state index contributed by atoms with van der Waals surface area (Å²) in [5.41, 5.74) is 3.88. The van der Waals surface area contributed by atoms with Crippen LogP contribution in [0.25, 0.3) is 0 Å². The minimum absolute atomic E-state index is 0.00434. The Hall–Kier alpha value is -1.57. The van der Waals surface area contributed by atoms with Gasteiger partial charge in [0.25, 0.3) is 5.91 Å². The van der Waals surface area contributed by atoms with Crippen LogP contribution in [0.1, 0.15) is 26.7 Å². The van der Waals surface area contributed by atoms with Crippen LogP contribution in [0.2, 0.25) is 0 Å². The van der Waals surface area contributed by atoms with E-state index < -0.39 is 43.6 Å². The molecule has 0 saturated carbocycles. The number of nitrogens with two attached hydrogens (primary N) is 1. The van der Waals surface area contributed by atoms with Gasteiger partial charge in [-0.3, -0.25) is 14.4 Å². The first-order valence-electron chi connectivity index (χ1n) is 6.26. The third-order valence-electron chi connectivity index (χ3n) is 2.56. The molecule has 0 radical (unpaired) electrons. The van der Waals surface area contributed by atoms with Crippen molar-refractivity contribution >= 4 is 25.6 Å². The molecule has 0 aliphatic carbocycles. The fourth-order valence-corrected chi connectivity index (χ4v) is 1.96. The van der Waals surface area contributed by atoms with E-state index in [-0.39, 0.29) is 19.0 Å². The van der Waals surface area contributed by atoms with Crippen LogP contribution in [-0.4, -0.2) is 52.2 Å². The molecule has 0 heterocycles. The first-order valence-corrected chi connectivity index (χ1v) is 7.89. The summed E-state index contributed by atoms with van der Waals surface area (Å²) in [5, 5.41) is 21.7. The Morgan fingerprint density at radius 1 is 1.38 bits per heavy atom. The van der Waals surface area contributed by atoms with Crippen LogP contribution in [0, 0.1) is 0 Å². The fraction of sp³-hybridized carbons (Fsp3) is 0.727. The predicted octanol–water partition coefficient (Wildman–Crippen LogP) is -1.08. The SMILES string of the molecule is C[C@H](NC(=O)[C@@](C)(N)NC(=O)CCC[P+](=O)CO)C(=O)O. The summed E-state index contributed by atoms with van der Waals surface area (Å²) in [6.45, 7) is 2.51. The number of carboxylic acid groups (broad SMARTS) is 1. The highest BCUT2D eigenvalue weighted by atomic mass is 31.1. The molecule has 10 heteroatoms. The van der Waals surface area contributed by atoms with Gasteiger partial charge in [-0.2, -0.15) is 0 Å². The van der Waals surface area contributed by atoms with Crippen LogP contribution in [0.15, 0.2) is 0 Å². The fourth-order valence-electron chi connectivity index (χ4n) is 1.30. The number of hydrogen-bond acceptors (Lipinski definition) is 6. The van der Waals surface area contributed by atoms with Crippen LogP contribution in [0.5, 0.6) is 0 Å². The molecule has 0 saturated heterocycles. The predicted molar refractivity (Wildman–Crippen MR) is 74.8 cm³/mol. The molecule has 0 rings (SSSR count). The Kier molecular flexibility index (Phi) is 8.01. The quantitative estimate of drug-likeness (QED) is 0.267. The molecule has 0 spiro atoms. The third kappa shape index (κ3) is 7.69. The maximum atomic E-state index is 11.7. The topological polar surface area (TPSA) is 159 Å². The van der Waals surface area contributed by atoms with E-state index in [0.717, 1.165) is 0 Å². The molecule has 0 aliphatic heterocycles. The highest BCUT2D eigenvalue weighted by Gasteiger charge is 2.32. The number of carboxylic acids is 1. The maximum Gasteiger partial charge on any atom is 0.366 e. The molecule has 0 aromatic carbocycles. The van der Waals surface area contributed by atoms with Crippen LogP contribution in [0.3, 0.4) is 0 Å². The largest absolute Gasteiger partial charge is 0.480 e. The van der Waals surface area contributed by atoms with Crippen molar-refractivity contribution in [2.45, 2.75) is 38.4 Å². The molecule has 0 bridgehead atoms. The maximum absolute atomic E-state index is 11.7. The monoisotopic (exact) mass is 322 g/mol. The highest BCUT2D eigenvalue weighted by Crippen LogP contribution is 2.19. The van der Waals surface area contributed by atoms with Gasteiger partial charge in [0.1, 0.15) is 12.2 Å². The summed E-state index contributed by atoms with van der Waals surface area (Å²) < 4.78 is 11.0. The molecular formula is C11H21N3O6P+.